The number of aliphatic imine (C=N–C) groups is 1. The first-order chi connectivity index (χ1) is 5.15. The molecule has 11 heavy (non-hydrogen) atoms. The molecule has 0 amide bonds. The molecule has 5 nitrogen and oxygen atoms in total. The monoisotopic (exact) mass is 177 g/mol. The highest BCUT2D eigenvalue weighted by atomic mass is 32.2. The summed E-state index contributed by atoms with van der Waals surface area (Å²) in [5.41, 5.74) is 0. The Labute approximate surface area is 68.8 Å². The minimum Gasteiger partial charge on any atom is -0.480 e. The molecule has 1 atom stereocenters. The van der Waals surface area contributed by atoms with Crippen LogP contribution in [0.25, 0.3) is 0 Å². The van der Waals surface area contributed by atoms with Gasteiger partial charge in [-0.15, -0.1) is 11.8 Å². The van der Waals surface area contributed by atoms with E-state index in [2.05, 4.69) is 16.7 Å². The Morgan fingerprint density at radius 3 is 2.55 bits per heavy atom. The van der Waals surface area contributed by atoms with E-state index in [4.69, 9.17) is 5.11 Å². The molecule has 0 spiro atoms. The molecule has 0 saturated carbocycles. The molecule has 0 aromatic heterocycles. The van der Waals surface area contributed by atoms with Gasteiger partial charge in [-0.05, 0) is 6.92 Å². The van der Waals surface area contributed by atoms with Gasteiger partial charge in [-0.3, -0.25) is 21.5 Å². The number of hydrogen-bond donors (Lipinski definition) is 3. The minimum atomic E-state index is -0.811. The van der Waals surface area contributed by atoms with Gasteiger partial charge in [0.2, 0.25) is 0 Å². The van der Waals surface area contributed by atoms with E-state index in [9.17, 15) is 4.79 Å². The highest BCUT2D eigenvalue weighted by molar-refractivity contribution is 8.02. The van der Waals surface area contributed by atoms with Gasteiger partial charge in [0.05, 0.1) is 5.88 Å². The standard InChI is InChI=1S/C5H7NO2S.H4N2/c1-5(4(7)8)2-6-3-9-5;1-2/h2H,3H2,1H3,(H,7,8);1-2H2. The van der Waals surface area contributed by atoms with E-state index in [1.807, 2.05) is 0 Å². The van der Waals surface area contributed by atoms with Crippen LogP contribution in [0.15, 0.2) is 4.99 Å². The zero-order chi connectivity index (χ0) is 8.91. The highest BCUT2D eigenvalue weighted by Crippen LogP contribution is 2.27. The van der Waals surface area contributed by atoms with Crippen LogP contribution in [0, 0.1) is 0 Å². The quantitative estimate of drug-likeness (QED) is 0.367. The summed E-state index contributed by atoms with van der Waals surface area (Å²) in [5, 5.41) is 8.56. The summed E-state index contributed by atoms with van der Waals surface area (Å²) in [6.07, 6.45) is 1.49. The molecule has 0 bridgehead atoms. The molecule has 6 heteroatoms. The van der Waals surface area contributed by atoms with Crippen molar-refractivity contribution in [3.8, 4) is 0 Å². The van der Waals surface area contributed by atoms with E-state index in [0.717, 1.165) is 0 Å². The zero-order valence-corrected chi connectivity index (χ0v) is 6.97. The number of hydrogen-bond acceptors (Lipinski definition) is 5. The van der Waals surface area contributed by atoms with Crippen molar-refractivity contribution >= 4 is 23.9 Å². The van der Waals surface area contributed by atoms with Crippen molar-refractivity contribution in [1.29, 1.82) is 0 Å². The first kappa shape index (κ1) is 10.4. The van der Waals surface area contributed by atoms with E-state index in [1.165, 1.54) is 18.0 Å². The number of thioether (sulfide) groups is 1. The van der Waals surface area contributed by atoms with Gasteiger partial charge in [-0.25, -0.2) is 0 Å². The molecule has 1 aliphatic heterocycles. The summed E-state index contributed by atoms with van der Waals surface area (Å²) in [7, 11) is 0. The maximum Gasteiger partial charge on any atom is 0.325 e. The lowest BCUT2D eigenvalue weighted by atomic mass is 10.2. The SMILES string of the molecule is CC1(C(=O)O)C=NCS1.NN. The molecule has 1 rings (SSSR count). The number of nitrogens with two attached hydrogens (primary N) is 2. The topological polar surface area (TPSA) is 102 Å². The van der Waals surface area contributed by atoms with Crippen molar-refractivity contribution in [3.05, 3.63) is 0 Å². The molecular formula is C5H11N3O2S. The summed E-state index contributed by atoms with van der Waals surface area (Å²) in [6, 6.07) is 0. The Morgan fingerprint density at radius 2 is 2.36 bits per heavy atom. The summed E-state index contributed by atoms with van der Waals surface area (Å²) >= 11 is 1.33. The Bertz CT molecular complexity index is 173. The van der Waals surface area contributed by atoms with Crippen molar-refractivity contribution < 1.29 is 9.90 Å². The second-order valence-electron chi connectivity index (χ2n) is 2.00. The second kappa shape index (κ2) is 4.32. The van der Waals surface area contributed by atoms with Crippen LogP contribution >= 0.6 is 11.8 Å². The molecule has 0 saturated heterocycles. The van der Waals surface area contributed by atoms with Crippen molar-refractivity contribution in [3.63, 3.8) is 0 Å². The van der Waals surface area contributed by atoms with Crippen LogP contribution < -0.4 is 11.7 Å². The van der Waals surface area contributed by atoms with Gasteiger partial charge in [0, 0.05) is 6.21 Å². The number of carboxylic acids is 1. The van der Waals surface area contributed by atoms with Crippen LogP contribution in [-0.4, -0.2) is 27.9 Å². The van der Waals surface area contributed by atoms with E-state index in [-0.39, 0.29) is 0 Å². The fourth-order valence-corrected chi connectivity index (χ4v) is 1.23. The van der Waals surface area contributed by atoms with Crippen molar-refractivity contribution in [2.75, 3.05) is 5.88 Å². The maximum absolute atomic E-state index is 10.4. The highest BCUT2D eigenvalue weighted by Gasteiger charge is 2.34. The molecule has 0 fully saturated rings. The van der Waals surface area contributed by atoms with Gasteiger partial charge in [0.15, 0.2) is 0 Å². The second-order valence-corrected chi connectivity index (χ2v) is 3.39. The van der Waals surface area contributed by atoms with Crippen LogP contribution in [0.4, 0.5) is 0 Å². The molecule has 64 valence electrons. The summed E-state index contributed by atoms with van der Waals surface area (Å²) in [4.78, 5) is 14.2. The van der Waals surface area contributed by atoms with Gasteiger partial charge < -0.3 is 5.11 Å². The number of aliphatic carboxylic acids is 1. The molecular weight excluding hydrogens is 166 g/mol. The van der Waals surface area contributed by atoms with Crippen LogP contribution in [0.1, 0.15) is 6.92 Å². The average Bonchev–Trinajstić information content (AvgIpc) is 2.42. The summed E-state index contributed by atoms with van der Waals surface area (Å²) < 4.78 is -0.764. The molecule has 0 aromatic rings. The van der Waals surface area contributed by atoms with Crippen molar-refractivity contribution in [2.24, 2.45) is 16.7 Å². The van der Waals surface area contributed by atoms with Crippen LogP contribution in [-0.2, 0) is 4.79 Å². The predicted octanol–water partition coefficient (Wildman–Crippen LogP) is -0.576. The third-order valence-electron chi connectivity index (χ3n) is 1.20. The lowest BCUT2D eigenvalue weighted by Crippen LogP contribution is -2.30. The molecule has 1 heterocycles. The van der Waals surface area contributed by atoms with Crippen molar-refractivity contribution in [1.82, 2.24) is 0 Å². The fraction of sp³-hybridized carbons (Fsp3) is 0.600. The normalized spacial score (nSPS) is 27.5. The molecule has 0 aliphatic carbocycles. The molecule has 1 unspecified atom stereocenters. The van der Waals surface area contributed by atoms with Crippen LogP contribution in [0.3, 0.4) is 0 Å². The Balaban J connectivity index is 0.000000461. The molecule has 1 aliphatic rings. The number of rotatable bonds is 1. The van der Waals surface area contributed by atoms with E-state index in [0.29, 0.717) is 5.88 Å². The van der Waals surface area contributed by atoms with Gasteiger partial charge in [-0.2, -0.15) is 0 Å². The third-order valence-corrected chi connectivity index (χ3v) is 2.36. The van der Waals surface area contributed by atoms with Crippen LogP contribution in [0.5, 0.6) is 0 Å². The lowest BCUT2D eigenvalue weighted by molar-refractivity contribution is -0.137. The minimum absolute atomic E-state index is 0.572. The number of carboxylic acid groups (broad SMARTS) is 1. The number of carbonyl (C=O) groups is 1. The Hall–Kier alpha value is -0.590. The van der Waals surface area contributed by atoms with E-state index in [1.54, 1.807) is 6.92 Å². The first-order valence-electron chi connectivity index (χ1n) is 2.87. The largest absolute Gasteiger partial charge is 0.480 e. The summed E-state index contributed by atoms with van der Waals surface area (Å²) in [5.74, 6) is 7.76. The number of hydrazine groups is 1. The smallest absolute Gasteiger partial charge is 0.325 e. The summed E-state index contributed by atoms with van der Waals surface area (Å²) in [6.45, 7) is 1.65. The molecule has 0 radical (unpaired) electrons. The lowest BCUT2D eigenvalue weighted by Gasteiger charge is -2.10. The van der Waals surface area contributed by atoms with Crippen LogP contribution in [0.2, 0.25) is 0 Å². The Kier molecular flexibility index (Phi) is 4.09. The van der Waals surface area contributed by atoms with Crippen molar-refractivity contribution in [2.45, 2.75) is 11.7 Å². The Morgan fingerprint density at radius 1 is 1.82 bits per heavy atom. The van der Waals surface area contributed by atoms with Gasteiger partial charge in [0.25, 0.3) is 0 Å². The molecule has 5 N–H and O–H groups in total. The van der Waals surface area contributed by atoms with Gasteiger partial charge in [0.1, 0.15) is 4.75 Å². The van der Waals surface area contributed by atoms with Gasteiger partial charge in [-0.1, -0.05) is 0 Å². The number of nitrogens with zero attached hydrogens (tertiary/aromatic N) is 1. The predicted molar refractivity (Wildman–Crippen MR) is 45.4 cm³/mol. The van der Waals surface area contributed by atoms with E-state index < -0.39 is 10.7 Å². The first-order valence-corrected chi connectivity index (χ1v) is 3.85. The fourth-order valence-electron chi connectivity index (χ4n) is 0.537. The third kappa shape index (κ3) is 2.49. The van der Waals surface area contributed by atoms with Gasteiger partial charge >= 0.3 is 5.97 Å². The average molecular weight is 177 g/mol. The molecule has 0 aromatic carbocycles. The zero-order valence-electron chi connectivity index (χ0n) is 6.15. The maximum atomic E-state index is 10.4. The van der Waals surface area contributed by atoms with E-state index >= 15 is 0 Å².